The molecule has 1 aliphatic heterocycles. The van der Waals surface area contributed by atoms with Crippen LogP contribution in [0, 0.1) is 6.92 Å². The second-order valence-electron chi connectivity index (χ2n) is 5.73. The van der Waals surface area contributed by atoms with Gasteiger partial charge in [0, 0.05) is 24.3 Å². The van der Waals surface area contributed by atoms with E-state index >= 15 is 0 Å². The molecule has 5 heteroatoms. The highest BCUT2D eigenvalue weighted by molar-refractivity contribution is 7.85. The van der Waals surface area contributed by atoms with Crippen LogP contribution in [0.3, 0.4) is 0 Å². The maximum absolute atomic E-state index is 10.5. The molecule has 4 nitrogen and oxygen atoms in total. The van der Waals surface area contributed by atoms with Crippen LogP contribution in [0.5, 0.6) is 0 Å². The predicted molar refractivity (Wildman–Crippen MR) is 99.0 cm³/mol. The Labute approximate surface area is 144 Å². The van der Waals surface area contributed by atoms with Crippen LogP contribution >= 0.6 is 0 Å². The molecule has 1 N–H and O–H groups in total. The molecule has 0 aromatic heterocycles. The summed E-state index contributed by atoms with van der Waals surface area (Å²) in [5, 5.41) is 0. The third-order valence-electron chi connectivity index (χ3n) is 3.99. The predicted octanol–water partition coefficient (Wildman–Crippen LogP) is 4.17. The Bertz CT molecular complexity index is 824. The van der Waals surface area contributed by atoms with E-state index in [0.717, 1.165) is 18.7 Å². The third kappa shape index (κ3) is 4.46. The molecule has 0 radical (unpaired) electrons. The first-order chi connectivity index (χ1) is 11.3. The summed E-state index contributed by atoms with van der Waals surface area (Å²) in [4.78, 5) is 2.32. The van der Waals surface area contributed by atoms with Gasteiger partial charge in [0.05, 0.1) is 4.90 Å². The number of fused-ring (bicyclic) bond motifs is 1. The van der Waals surface area contributed by atoms with E-state index in [9.17, 15) is 8.42 Å². The summed E-state index contributed by atoms with van der Waals surface area (Å²) in [5.41, 5.74) is 5.12. The summed E-state index contributed by atoms with van der Waals surface area (Å²) in [6.07, 6.45) is 2.30. The molecule has 24 heavy (non-hydrogen) atoms. The van der Waals surface area contributed by atoms with Crippen molar-refractivity contribution in [3.63, 3.8) is 0 Å². The van der Waals surface area contributed by atoms with E-state index in [1.165, 1.54) is 29.0 Å². The second-order valence-corrected chi connectivity index (χ2v) is 7.15. The molecule has 2 aromatic rings. The minimum atomic E-state index is -4.02. The Morgan fingerprint density at radius 3 is 2.25 bits per heavy atom. The summed E-state index contributed by atoms with van der Waals surface area (Å²) in [6, 6.07) is 14.6. The summed E-state index contributed by atoms with van der Waals surface area (Å²) in [7, 11) is -4.02. The van der Waals surface area contributed by atoms with Gasteiger partial charge in [-0.1, -0.05) is 42.0 Å². The molecular formula is C19H23NO3S. The van der Waals surface area contributed by atoms with Crippen LogP contribution in [0.25, 0.3) is 5.57 Å². The molecule has 0 spiro atoms. The smallest absolute Gasteiger partial charge is 0.294 e. The van der Waals surface area contributed by atoms with Gasteiger partial charge in [0.25, 0.3) is 10.1 Å². The van der Waals surface area contributed by atoms with E-state index in [-0.39, 0.29) is 4.90 Å². The van der Waals surface area contributed by atoms with Crippen LogP contribution in [-0.2, 0) is 10.1 Å². The Morgan fingerprint density at radius 1 is 1.04 bits per heavy atom. The normalized spacial score (nSPS) is 13.5. The van der Waals surface area contributed by atoms with Gasteiger partial charge in [-0.25, -0.2) is 0 Å². The van der Waals surface area contributed by atoms with E-state index in [1.54, 1.807) is 12.1 Å². The van der Waals surface area contributed by atoms with Gasteiger partial charge >= 0.3 is 0 Å². The van der Waals surface area contributed by atoms with E-state index in [1.807, 2.05) is 6.92 Å². The van der Waals surface area contributed by atoms with Gasteiger partial charge < -0.3 is 4.90 Å². The van der Waals surface area contributed by atoms with Crippen LogP contribution in [0.4, 0.5) is 5.69 Å². The molecule has 0 saturated heterocycles. The fraction of sp³-hybridized carbons (Fsp3) is 0.263. The van der Waals surface area contributed by atoms with Gasteiger partial charge in [0.1, 0.15) is 0 Å². The average molecular weight is 345 g/mol. The third-order valence-corrected chi connectivity index (χ3v) is 4.86. The Balaban J connectivity index is 0.000000177. The fourth-order valence-electron chi connectivity index (χ4n) is 2.55. The minimum absolute atomic E-state index is 0.0666. The van der Waals surface area contributed by atoms with Crippen molar-refractivity contribution < 1.29 is 13.0 Å². The van der Waals surface area contributed by atoms with Gasteiger partial charge in [-0.05, 0) is 44.5 Å². The highest BCUT2D eigenvalue weighted by Gasteiger charge is 2.13. The van der Waals surface area contributed by atoms with E-state index in [4.69, 9.17) is 4.55 Å². The zero-order valence-corrected chi connectivity index (χ0v) is 15.0. The quantitative estimate of drug-likeness (QED) is 0.830. The number of rotatable bonds is 2. The van der Waals surface area contributed by atoms with Gasteiger partial charge in [-0.2, -0.15) is 8.42 Å². The molecule has 3 rings (SSSR count). The van der Waals surface area contributed by atoms with Gasteiger partial charge in [-0.15, -0.1) is 0 Å². The van der Waals surface area contributed by atoms with Crippen molar-refractivity contribution >= 4 is 21.4 Å². The Hall–Kier alpha value is -2.11. The molecule has 0 saturated carbocycles. The van der Waals surface area contributed by atoms with Gasteiger partial charge in [-0.3, -0.25) is 4.55 Å². The highest BCUT2D eigenvalue weighted by atomic mass is 32.2. The molecule has 0 amide bonds. The number of hydrogen-bond acceptors (Lipinski definition) is 3. The first-order valence-electron chi connectivity index (χ1n) is 7.88. The first-order valence-corrected chi connectivity index (χ1v) is 9.32. The number of likely N-dealkylation sites (N-methyl/N-ethyl adjacent to an activating group) is 1. The lowest BCUT2D eigenvalue weighted by Gasteiger charge is -2.28. The number of nitrogens with zero attached hydrogens (tertiary/aromatic N) is 1. The van der Waals surface area contributed by atoms with Crippen molar-refractivity contribution in [2.24, 2.45) is 0 Å². The number of hydrogen-bond donors (Lipinski definition) is 1. The molecule has 0 fully saturated rings. The average Bonchev–Trinajstić information content (AvgIpc) is 2.56. The SMILES string of the molecule is CCN1CC=C(C)c2ccccc21.Cc1ccc(S(=O)(=O)O)cc1. The first kappa shape index (κ1) is 18.2. The molecule has 1 aliphatic rings. The Morgan fingerprint density at radius 2 is 1.67 bits per heavy atom. The lowest BCUT2D eigenvalue weighted by atomic mass is 10.0. The van der Waals surface area contributed by atoms with E-state index < -0.39 is 10.1 Å². The van der Waals surface area contributed by atoms with Crippen LogP contribution in [0.15, 0.2) is 59.5 Å². The van der Waals surface area contributed by atoms with Crippen LogP contribution in [-0.4, -0.2) is 26.1 Å². The summed E-state index contributed by atoms with van der Waals surface area (Å²) in [6.45, 7) is 8.37. The number of aryl methyl sites for hydroxylation is 1. The van der Waals surface area contributed by atoms with Crippen molar-refractivity contribution in [3.8, 4) is 0 Å². The summed E-state index contributed by atoms with van der Waals surface area (Å²) < 4.78 is 29.6. The largest absolute Gasteiger partial charge is 0.368 e. The standard InChI is InChI=1S/C12H15N.C7H8O3S/c1-3-13-9-8-10(2)11-6-4-5-7-12(11)13;1-6-2-4-7(5-3-6)11(8,9)10/h4-8H,3,9H2,1-2H3;2-5H,1H3,(H,8,9,10). The van der Waals surface area contributed by atoms with Crippen molar-refractivity contribution in [1.29, 1.82) is 0 Å². The molecule has 0 unspecified atom stereocenters. The zero-order valence-electron chi connectivity index (χ0n) is 14.2. The van der Waals surface area contributed by atoms with E-state index in [0.29, 0.717) is 0 Å². The molecule has 128 valence electrons. The van der Waals surface area contributed by atoms with Crippen LogP contribution in [0.2, 0.25) is 0 Å². The fourth-order valence-corrected chi connectivity index (χ4v) is 3.03. The molecule has 0 aliphatic carbocycles. The zero-order chi connectivity index (χ0) is 17.7. The van der Waals surface area contributed by atoms with Gasteiger partial charge in [0.2, 0.25) is 0 Å². The van der Waals surface area contributed by atoms with Crippen molar-refractivity contribution in [3.05, 3.63) is 65.7 Å². The summed E-state index contributed by atoms with van der Waals surface area (Å²) >= 11 is 0. The number of para-hydroxylation sites is 1. The summed E-state index contributed by atoms with van der Waals surface area (Å²) in [5.74, 6) is 0. The lowest BCUT2D eigenvalue weighted by Crippen LogP contribution is -2.26. The second kappa shape index (κ2) is 7.64. The maximum Gasteiger partial charge on any atom is 0.294 e. The minimum Gasteiger partial charge on any atom is -0.368 e. The van der Waals surface area contributed by atoms with Crippen molar-refractivity contribution in [2.45, 2.75) is 25.7 Å². The monoisotopic (exact) mass is 345 g/mol. The van der Waals surface area contributed by atoms with Crippen molar-refractivity contribution in [2.75, 3.05) is 18.0 Å². The lowest BCUT2D eigenvalue weighted by molar-refractivity contribution is 0.483. The molecule has 2 aromatic carbocycles. The molecule has 0 bridgehead atoms. The van der Waals surface area contributed by atoms with Gasteiger partial charge in [0.15, 0.2) is 0 Å². The number of benzene rings is 2. The number of allylic oxidation sites excluding steroid dienone is 1. The highest BCUT2D eigenvalue weighted by Crippen LogP contribution is 2.30. The topological polar surface area (TPSA) is 57.6 Å². The molecule has 0 atom stereocenters. The number of anilines is 1. The molecule has 1 heterocycles. The molecular weight excluding hydrogens is 322 g/mol. The Kier molecular flexibility index (Phi) is 5.80. The van der Waals surface area contributed by atoms with E-state index in [2.05, 4.69) is 49.1 Å². The van der Waals surface area contributed by atoms with Crippen LogP contribution in [0.1, 0.15) is 25.0 Å². The maximum atomic E-state index is 10.5. The van der Waals surface area contributed by atoms with Crippen LogP contribution < -0.4 is 4.90 Å². The van der Waals surface area contributed by atoms with Crippen molar-refractivity contribution in [1.82, 2.24) is 0 Å².